The lowest BCUT2D eigenvalue weighted by molar-refractivity contribution is 0.197. The predicted octanol–water partition coefficient (Wildman–Crippen LogP) is 1.27. The fraction of sp³-hybridized carbons (Fsp3) is 0.857. The summed E-state index contributed by atoms with van der Waals surface area (Å²) in [4.78, 5) is 10.1. The Kier molecular flexibility index (Phi) is 6.70. The van der Waals surface area contributed by atoms with E-state index in [2.05, 4.69) is 37.6 Å². The molecule has 1 atom stereocenters. The van der Waals surface area contributed by atoms with Crippen LogP contribution in [0.3, 0.4) is 0 Å². The second kappa shape index (κ2) is 9.43. The monoisotopic (exact) mass is 402 g/mol. The fourth-order valence-corrected chi connectivity index (χ4v) is 4.69. The number of hydrogen-bond donors (Lipinski definition) is 2. The molecule has 162 valence electrons. The van der Waals surface area contributed by atoms with E-state index >= 15 is 0 Å². The van der Waals surface area contributed by atoms with Gasteiger partial charge < -0.3 is 20.1 Å². The molecule has 0 spiro atoms. The Hall–Kier alpha value is -1.67. The molecule has 0 amide bonds. The van der Waals surface area contributed by atoms with Crippen molar-refractivity contribution in [3.05, 3.63) is 11.6 Å². The molecule has 8 nitrogen and oxygen atoms in total. The first-order valence-corrected chi connectivity index (χ1v) is 11.5. The van der Waals surface area contributed by atoms with Gasteiger partial charge >= 0.3 is 0 Å². The molecule has 1 unspecified atom stereocenters. The number of rotatable bonds is 7. The van der Waals surface area contributed by atoms with Gasteiger partial charge in [0.15, 0.2) is 11.8 Å². The van der Waals surface area contributed by atoms with Crippen LogP contribution >= 0.6 is 0 Å². The summed E-state index contributed by atoms with van der Waals surface area (Å²) in [6.07, 6.45) is 7.78. The van der Waals surface area contributed by atoms with Crippen LogP contribution in [0.4, 0.5) is 0 Å². The summed E-state index contributed by atoms with van der Waals surface area (Å²) >= 11 is 0. The van der Waals surface area contributed by atoms with Gasteiger partial charge in [0, 0.05) is 44.8 Å². The number of aromatic nitrogens is 3. The van der Waals surface area contributed by atoms with E-state index in [1.165, 1.54) is 58.2 Å². The number of nitrogens with zero attached hydrogens (tertiary/aromatic N) is 6. The number of likely N-dealkylation sites (N-methyl/N-ethyl adjacent to an activating group) is 1. The van der Waals surface area contributed by atoms with E-state index in [9.17, 15) is 0 Å². The average molecular weight is 403 g/mol. The summed E-state index contributed by atoms with van der Waals surface area (Å²) in [7, 11) is 2.01. The van der Waals surface area contributed by atoms with E-state index in [0.717, 1.165) is 36.7 Å². The molecule has 1 aliphatic carbocycles. The van der Waals surface area contributed by atoms with E-state index in [1.54, 1.807) is 0 Å². The van der Waals surface area contributed by atoms with Crippen LogP contribution in [0, 0.1) is 6.92 Å². The Morgan fingerprint density at radius 3 is 2.55 bits per heavy atom. The molecule has 3 aliphatic rings. The van der Waals surface area contributed by atoms with Crippen LogP contribution in [-0.2, 0) is 13.6 Å². The third-order valence-electron chi connectivity index (χ3n) is 6.91. The minimum Gasteiger partial charge on any atom is -0.355 e. The lowest BCUT2D eigenvalue weighted by Gasteiger charge is -2.33. The zero-order valence-electron chi connectivity index (χ0n) is 18.4. The van der Waals surface area contributed by atoms with Gasteiger partial charge in [0.05, 0.1) is 0 Å². The third-order valence-corrected chi connectivity index (χ3v) is 6.91. The maximum atomic E-state index is 4.88. The van der Waals surface area contributed by atoms with Crippen molar-refractivity contribution in [1.82, 2.24) is 35.2 Å². The Balaban J connectivity index is 1.36. The normalized spacial score (nSPS) is 24.9. The zero-order valence-corrected chi connectivity index (χ0v) is 18.4. The van der Waals surface area contributed by atoms with Gasteiger partial charge in [-0.25, -0.2) is 4.99 Å². The summed E-state index contributed by atoms with van der Waals surface area (Å²) < 4.78 is 2.02. The van der Waals surface area contributed by atoms with Crippen molar-refractivity contribution in [3.63, 3.8) is 0 Å². The summed E-state index contributed by atoms with van der Waals surface area (Å²) in [6.45, 7) is 10.5. The maximum Gasteiger partial charge on any atom is 0.191 e. The number of guanidine groups is 1. The first kappa shape index (κ1) is 20.6. The highest BCUT2D eigenvalue weighted by Gasteiger charge is 2.32. The summed E-state index contributed by atoms with van der Waals surface area (Å²) in [5.41, 5.74) is 0. The molecule has 2 N–H and O–H groups in total. The van der Waals surface area contributed by atoms with Crippen LogP contribution in [0.15, 0.2) is 4.99 Å². The smallest absolute Gasteiger partial charge is 0.191 e. The highest BCUT2D eigenvalue weighted by atomic mass is 15.3. The Bertz CT molecular complexity index is 687. The van der Waals surface area contributed by atoms with Crippen molar-refractivity contribution in [3.8, 4) is 0 Å². The first-order chi connectivity index (χ1) is 14.1. The highest BCUT2D eigenvalue weighted by molar-refractivity contribution is 5.80. The van der Waals surface area contributed by atoms with Crippen molar-refractivity contribution < 1.29 is 0 Å². The molecule has 1 aromatic heterocycles. The van der Waals surface area contributed by atoms with Crippen molar-refractivity contribution in [2.45, 2.75) is 77.0 Å². The lowest BCUT2D eigenvalue weighted by atomic mass is 10.1. The number of aliphatic imine (C=N–C) groups is 1. The standard InChI is InChI=1S/C21H38N8/c1-4-28-11-5-6-19(28)14-22-21(23-15-20-26-25-16(2)27(20)3)24-17-9-12-29(13-10-17)18-7-8-18/h17-19H,4-15H2,1-3H3,(H2,22,23,24). The van der Waals surface area contributed by atoms with Gasteiger partial charge in [0.1, 0.15) is 12.4 Å². The molecule has 0 bridgehead atoms. The summed E-state index contributed by atoms with van der Waals surface area (Å²) in [5, 5.41) is 15.8. The number of likely N-dealkylation sites (tertiary alicyclic amines) is 2. The SMILES string of the molecule is CCN1CCCC1CNC(=NCc1nnc(C)n1C)NC1CCN(C2CC2)CC1. The van der Waals surface area contributed by atoms with E-state index < -0.39 is 0 Å². The molecule has 3 heterocycles. The maximum absolute atomic E-state index is 4.88. The Morgan fingerprint density at radius 2 is 1.90 bits per heavy atom. The first-order valence-electron chi connectivity index (χ1n) is 11.5. The molecule has 2 aliphatic heterocycles. The molecule has 29 heavy (non-hydrogen) atoms. The quantitative estimate of drug-likeness (QED) is 0.529. The highest BCUT2D eigenvalue weighted by Crippen LogP contribution is 2.29. The van der Waals surface area contributed by atoms with E-state index in [-0.39, 0.29) is 0 Å². The van der Waals surface area contributed by atoms with E-state index in [4.69, 9.17) is 4.99 Å². The molecule has 0 radical (unpaired) electrons. The van der Waals surface area contributed by atoms with E-state index in [0.29, 0.717) is 18.6 Å². The van der Waals surface area contributed by atoms with Gasteiger partial charge in [-0.3, -0.25) is 4.90 Å². The van der Waals surface area contributed by atoms with E-state index in [1.807, 2.05) is 18.5 Å². The largest absolute Gasteiger partial charge is 0.355 e. The van der Waals surface area contributed by atoms with Gasteiger partial charge in [-0.1, -0.05) is 6.92 Å². The second-order valence-electron chi connectivity index (χ2n) is 8.88. The Morgan fingerprint density at radius 1 is 1.10 bits per heavy atom. The molecule has 1 aromatic rings. The van der Waals surface area contributed by atoms with Crippen molar-refractivity contribution in [2.24, 2.45) is 12.0 Å². The number of nitrogens with one attached hydrogen (secondary N) is 2. The predicted molar refractivity (Wildman–Crippen MR) is 116 cm³/mol. The van der Waals surface area contributed by atoms with Crippen LogP contribution < -0.4 is 10.6 Å². The number of hydrogen-bond acceptors (Lipinski definition) is 5. The zero-order chi connectivity index (χ0) is 20.2. The number of piperidine rings is 1. The molecule has 0 aromatic carbocycles. The number of aryl methyl sites for hydroxylation is 1. The second-order valence-corrected chi connectivity index (χ2v) is 8.88. The van der Waals surface area contributed by atoms with Crippen LogP contribution in [0.5, 0.6) is 0 Å². The van der Waals surface area contributed by atoms with Crippen LogP contribution in [0.2, 0.25) is 0 Å². The van der Waals surface area contributed by atoms with Crippen molar-refractivity contribution in [1.29, 1.82) is 0 Å². The van der Waals surface area contributed by atoms with Gasteiger partial charge in [-0.05, 0) is 58.5 Å². The molecule has 3 fully saturated rings. The Labute approximate surface area is 175 Å². The molecule has 4 rings (SSSR count). The van der Waals surface area contributed by atoms with Crippen LogP contribution in [0.25, 0.3) is 0 Å². The molecular formula is C21H38N8. The average Bonchev–Trinajstić information content (AvgIpc) is 3.41. The third kappa shape index (κ3) is 5.28. The van der Waals surface area contributed by atoms with Crippen molar-refractivity contribution >= 4 is 5.96 Å². The van der Waals surface area contributed by atoms with Crippen LogP contribution in [0.1, 0.15) is 57.1 Å². The molecular weight excluding hydrogens is 364 g/mol. The summed E-state index contributed by atoms with van der Waals surface area (Å²) in [6, 6.07) is 1.99. The minimum absolute atomic E-state index is 0.503. The summed E-state index contributed by atoms with van der Waals surface area (Å²) in [5.74, 6) is 2.76. The van der Waals surface area contributed by atoms with Crippen LogP contribution in [-0.4, -0.2) is 81.4 Å². The molecule has 2 saturated heterocycles. The fourth-order valence-electron chi connectivity index (χ4n) is 4.69. The molecule has 1 saturated carbocycles. The van der Waals surface area contributed by atoms with Crippen molar-refractivity contribution in [2.75, 3.05) is 32.7 Å². The topological polar surface area (TPSA) is 73.6 Å². The van der Waals surface area contributed by atoms with Gasteiger partial charge in [-0.2, -0.15) is 0 Å². The van der Waals surface area contributed by atoms with Gasteiger partial charge in [0.25, 0.3) is 0 Å². The minimum atomic E-state index is 0.503. The molecule has 8 heteroatoms. The lowest BCUT2D eigenvalue weighted by Crippen LogP contribution is -2.51. The van der Waals surface area contributed by atoms with Gasteiger partial charge in [-0.15, -0.1) is 10.2 Å². The van der Waals surface area contributed by atoms with Gasteiger partial charge in [0.2, 0.25) is 0 Å².